The number of hydrogen-bond acceptors (Lipinski definition) is 3. The Labute approximate surface area is 166 Å². The smallest absolute Gasteiger partial charge is 0.251 e. The standard InChI is InChI=1S/C23H28N2O3/c1-28-21-12-10-17(11-13-21)14-15-24-22(26)18-6-5-7-19(16-18)23(27)25-20-8-3-2-4-9-20/h5-7,10-13,16,20H,2-4,8-9,14-15H2,1H3,(H,24,26)(H,25,27). The first kappa shape index (κ1) is 19.9. The second-order valence-electron chi connectivity index (χ2n) is 7.24. The van der Waals surface area contributed by atoms with E-state index in [1.165, 1.54) is 19.3 Å². The highest BCUT2D eigenvalue weighted by atomic mass is 16.5. The predicted molar refractivity (Wildman–Crippen MR) is 110 cm³/mol. The number of carbonyl (C=O) groups is 2. The van der Waals surface area contributed by atoms with E-state index in [-0.39, 0.29) is 17.9 Å². The Balaban J connectivity index is 1.51. The number of nitrogens with one attached hydrogen (secondary N) is 2. The average molecular weight is 380 g/mol. The van der Waals surface area contributed by atoms with Gasteiger partial charge in [-0.15, -0.1) is 0 Å². The van der Waals surface area contributed by atoms with E-state index in [9.17, 15) is 9.59 Å². The summed E-state index contributed by atoms with van der Waals surface area (Å²) in [5, 5.41) is 6.02. The number of hydrogen-bond donors (Lipinski definition) is 2. The van der Waals surface area contributed by atoms with Crippen molar-refractivity contribution in [3.05, 3.63) is 65.2 Å². The lowest BCUT2D eigenvalue weighted by Gasteiger charge is -2.22. The van der Waals surface area contributed by atoms with E-state index in [1.54, 1.807) is 31.4 Å². The lowest BCUT2D eigenvalue weighted by molar-refractivity contribution is 0.0927. The highest BCUT2D eigenvalue weighted by molar-refractivity contribution is 5.99. The van der Waals surface area contributed by atoms with Crippen LogP contribution in [0.2, 0.25) is 0 Å². The zero-order valence-corrected chi connectivity index (χ0v) is 16.4. The second kappa shape index (κ2) is 9.93. The van der Waals surface area contributed by atoms with Gasteiger partial charge in [-0.25, -0.2) is 0 Å². The van der Waals surface area contributed by atoms with Crippen molar-refractivity contribution in [2.45, 2.75) is 44.6 Å². The summed E-state index contributed by atoms with van der Waals surface area (Å²) in [6.45, 7) is 0.531. The third-order valence-corrected chi connectivity index (χ3v) is 5.19. The van der Waals surface area contributed by atoms with E-state index < -0.39 is 0 Å². The fraction of sp³-hybridized carbons (Fsp3) is 0.391. The Bertz CT molecular complexity index is 796. The molecule has 0 radical (unpaired) electrons. The van der Waals surface area contributed by atoms with E-state index in [1.807, 2.05) is 24.3 Å². The van der Waals surface area contributed by atoms with Gasteiger partial charge in [0.2, 0.25) is 0 Å². The topological polar surface area (TPSA) is 67.4 Å². The molecule has 3 rings (SSSR count). The second-order valence-corrected chi connectivity index (χ2v) is 7.24. The van der Waals surface area contributed by atoms with Crippen molar-refractivity contribution in [2.24, 2.45) is 0 Å². The van der Waals surface area contributed by atoms with E-state index in [0.717, 1.165) is 30.6 Å². The third kappa shape index (κ3) is 5.59. The Morgan fingerprint density at radius 3 is 2.32 bits per heavy atom. The van der Waals surface area contributed by atoms with Crippen molar-refractivity contribution < 1.29 is 14.3 Å². The number of ether oxygens (including phenoxy) is 1. The molecule has 0 bridgehead atoms. The van der Waals surface area contributed by atoms with Crippen LogP contribution in [0.15, 0.2) is 48.5 Å². The van der Waals surface area contributed by atoms with E-state index in [4.69, 9.17) is 4.74 Å². The molecule has 0 atom stereocenters. The van der Waals surface area contributed by atoms with Gasteiger partial charge in [0.25, 0.3) is 11.8 Å². The Kier molecular flexibility index (Phi) is 7.06. The first-order valence-electron chi connectivity index (χ1n) is 9.98. The van der Waals surface area contributed by atoms with Crippen molar-refractivity contribution in [3.63, 3.8) is 0 Å². The van der Waals surface area contributed by atoms with Gasteiger partial charge in [0.1, 0.15) is 5.75 Å². The molecule has 1 aliphatic carbocycles. The van der Waals surface area contributed by atoms with Crippen molar-refractivity contribution in [2.75, 3.05) is 13.7 Å². The van der Waals surface area contributed by atoms with Gasteiger partial charge in [0.15, 0.2) is 0 Å². The first-order valence-corrected chi connectivity index (χ1v) is 9.98. The molecule has 1 fully saturated rings. The average Bonchev–Trinajstić information content (AvgIpc) is 2.75. The molecule has 2 N–H and O–H groups in total. The molecule has 1 saturated carbocycles. The van der Waals surface area contributed by atoms with Crippen LogP contribution in [0.4, 0.5) is 0 Å². The molecule has 0 unspecified atom stereocenters. The SMILES string of the molecule is COc1ccc(CCNC(=O)c2cccc(C(=O)NC3CCCCC3)c2)cc1. The van der Waals surface area contributed by atoms with Crippen LogP contribution in [0.5, 0.6) is 5.75 Å². The van der Waals surface area contributed by atoms with E-state index >= 15 is 0 Å². The molecule has 0 aromatic heterocycles. The fourth-order valence-corrected chi connectivity index (χ4v) is 3.53. The minimum atomic E-state index is -0.166. The minimum absolute atomic E-state index is 0.0974. The van der Waals surface area contributed by atoms with Crippen LogP contribution in [0.1, 0.15) is 58.4 Å². The Morgan fingerprint density at radius 2 is 1.64 bits per heavy atom. The summed E-state index contributed by atoms with van der Waals surface area (Å²) in [5.74, 6) is 0.553. The summed E-state index contributed by atoms with van der Waals surface area (Å²) in [5.41, 5.74) is 2.17. The molecule has 0 aliphatic heterocycles. The predicted octanol–water partition coefficient (Wildman–Crippen LogP) is 3.73. The van der Waals surface area contributed by atoms with Gasteiger partial charge in [0.05, 0.1) is 7.11 Å². The molecule has 0 heterocycles. The van der Waals surface area contributed by atoms with Gasteiger partial charge in [0, 0.05) is 23.7 Å². The minimum Gasteiger partial charge on any atom is -0.497 e. The van der Waals surface area contributed by atoms with E-state index in [0.29, 0.717) is 17.7 Å². The Hall–Kier alpha value is -2.82. The van der Waals surface area contributed by atoms with Crippen LogP contribution in [0.3, 0.4) is 0 Å². The summed E-state index contributed by atoms with van der Waals surface area (Å²) in [6.07, 6.45) is 6.40. The maximum atomic E-state index is 12.5. The molecule has 5 heteroatoms. The van der Waals surface area contributed by atoms with Crippen LogP contribution in [-0.4, -0.2) is 31.5 Å². The van der Waals surface area contributed by atoms with Gasteiger partial charge < -0.3 is 15.4 Å². The summed E-state index contributed by atoms with van der Waals surface area (Å²) in [7, 11) is 1.64. The molecule has 28 heavy (non-hydrogen) atoms. The monoisotopic (exact) mass is 380 g/mol. The van der Waals surface area contributed by atoms with Gasteiger partial charge in [-0.3, -0.25) is 9.59 Å². The molecule has 2 aromatic rings. The van der Waals surface area contributed by atoms with Crippen molar-refractivity contribution in [3.8, 4) is 5.75 Å². The van der Waals surface area contributed by atoms with Crippen LogP contribution in [0.25, 0.3) is 0 Å². The quantitative estimate of drug-likeness (QED) is 0.769. The number of carbonyl (C=O) groups excluding carboxylic acids is 2. The normalized spacial score (nSPS) is 14.3. The third-order valence-electron chi connectivity index (χ3n) is 5.19. The number of amides is 2. The summed E-state index contributed by atoms with van der Waals surface area (Å²) < 4.78 is 5.15. The van der Waals surface area contributed by atoms with Crippen LogP contribution >= 0.6 is 0 Å². The molecule has 0 spiro atoms. The summed E-state index contributed by atoms with van der Waals surface area (Å²) in [4.78, 5) is 24.9. The van der Waals surface area contributed by atoms with Crippen molar-refractivity contribution in [1.29, 1.82) is 0 Å². The van der Waals surface area contributed by atoms with Crippen molar-refractivity contribution in [1.82, 2.24) is 10.6 Å². The molecule has 0 saturated heterocycles. The van der Waals surface area contributed by atoms with Crippen LogP contribution in [-0.2, 0) is 6.42 Å². The molecular formula is C23H28N2O3. The lowest BCUT2D eigenvalue weighted by Crippen LogP contribution is -2.36. The molecule has 148 valence electrons. The Morgan fingerprint density at radius 1 is 0.964 bits per heavy atom. The maximum absolute atomic E-state index is 12.5. The molecule has 2 amide bonds. The van der Waals surface area contributed by atoms with Gasteiger partial charge in [-0.05, 0) is 55.2 Å². The molecule has 2 aromatic carbocycles. The first-order chi connectivity index (χ1) is 13.7. The maximum Gasteiger partial charge on any atom is 0.251 e. The highest BCUT2D eigenvalue weighted by Gasteiger charge is 2.17. The zero-order chi connectivity index (χ0) is 19.8. The number of methoxy groups -OCH3 is 1. The number of rotatable bonds is 7. The highest BCUT2D eigenvalue weighted by Crippen LogP contribution is 2.18. The largest absolute Gasteiger partial charge is 0.497 e. The molecule has 1 aliphatic rings. The number of benzene rings is 2. The van der Waals surface area contributed by atoms with Gasteiger partial charge in [-0.2, -0.15) is 0 Å². The van der Waals surface area contributed by atoms with Crippen LogP contribution < -0.4 is 15.4 Å². The fourth-order valence-electron chi connectivity index (χ4n) is 3.53. The van der Waals surface area contributed by atoms with Gasteiger partial charge >= 0.3 is 0 Å². The summed E-state index contributed by atoms with van der Waals surface area (Å²) >= 11 is 0. The van der Waals surface area contributed by atoms with Gasteiger partial charge in [-0.1, -0.05) is 37.5 Å². The van der Waals surface area contributed by atoms with E-state index in [2.05, 4.69) is 10.6 Å². The van der Waals surface area contributed by atoms with Crippen LogP contribution in [0, 0.1) is 0 Å². The molecular weight excluding hydrogens is 352 g/mol. The summed E-state index contributed by atoms with van der Waals surface area (Å²) in [6, 6.07) is 15.0. The lowest BCUT2D eigenvalue weighted by atomic mass is 9.95. The zero-order valence-electron chi connectivity index (χ0n) is 16.4. The molecule has 5 nitrogen and oxygen atoms in total. The van der Waals surface area contributed by atoms with Crippen molar-refractivity contribution >= 4 is 11.8 Å².